The summed E-state index contributed by atoms with van der Waals surface area (Å²) in [6, 6.07) is 7.73. The first-order valence-corrected chi connectivity index (χ1v) is 8.69. The number of hydrogen-bond acceptors (Lipinski definition) is 3. The van der Waals surface area contributed by atoms with Gasteiger partial charge in [0.1, 0.15) is 0 Å². The van der Waals surface area contributed by atoms with Crippen molar-refractivity contribution in [2.75, 3.05) is 13.1 Å². The highest BCUT2D eigenvalue weighted by atomic mass is 35.5. The molecule has 1 aliphatic rings. The van der Waals surface area contributed by atoms with E-state index in [0.29, 0.717) is 18.0 Å². The Labute approximate surface area is 159 Å². The van der Waals surface area contributed by atoms with Gasteiger partial charge in [0.15, 0.2) is 0 Å². The van der Waals surface area contributed by atoms with E-state index in [1.807, 2.05) is 47.7 Å². The summed E-state index contributed by atoms with van der Waals surface area (Å²) in [6.07, 6.45) is 2.42. The van der Waals surface area contributed by atoms with Gasteiger partial charge in [-0.05, 0) is 51.0 Å². The number of carbonyl (C=O) groups excluding carboxylic acids is 1. The number of likely N-dealkylation sites (tertiary alicyclic amines) is 1. The van der Waals surface area contributed by atoms with Crippen molar-refractivity contribution in [2.24, 2.45) is 5.73 Å². The molecule has 2 N–H and O–H groups in total. The number of benzene rings is 1. The fraction of sp³-hybridized carbons (Fsp3) is 0.444. The Morgan fingerprint density at radius 2 is 2.00 bits per heavy atom. The molecule has 3 rings (SSSR count). The Hall–Kier alpha value is -1.56. The molecular formula is C18H24Cl2N4O. The molecule has 1 atom stereocenters. The molecule has 0 aliphatic carbocycles. The largest absolute Gasteiger partial charge is 0.338 e. The number of aryl methyl sites for hydroxylation is 1. The zero-order valence-corrected chi connectivity index (χ0v) is 16.1. The summed E-state index contributed by atoms with van der Waals surface area (Å²) < 4.78 is 1.87. The van der Waals surface area contributed by atoms with E-state index in [1.165, 1.54) is 0 Å². The van der Waals surface area contributed by atoms with E-state index in [9.17, 15) is 4.79 Å². The zero-order valence-electron chi connectivity index (χ0n) is 14.5. The van der Waals surface area contributed by atoms with Crippen molar-refractivity contribution in [3.8, 4) is 5.69 Å². The molecule has 1 fully saturated rings. The molecule has 0 saturated carbocycles. The Bertz CT molecular complexity index is 742. The second-order valence-corrected chi connectivity index (χ2v) is 6.77. The highest BCUT2D eigenvalue weighted by molar-refractivity contribution is 6.30. The van der Waals surface area contributed by atoms with Gasteiger partial charge < -0.3 is 10.6 Å². The van der Waals surface area contributed by atoms with Gasteiger partial charge in [0.2, 0.25) is 5.91 Å². The van der Waals surface area contributed by atoms with Gasteiger partial charge in [-0.15, -0.1) is 12.4 Å². The molecule has 1 saturated heterocycles. The molecule has 1 aromatic heterocycles. The summed E-state index contributed by atoms with van der Waals surface area (Å²) >= 11 is 5.95. The average molecular weight is 383 g/mol. The highest BCUT2D eigenvalue weighted by Gasteiger charge is 2.28. The smallest absolute Gasteiger partial charge is 0.227 e. The van der Waals surface area contributed by atoms with Crippen molar-refractivity contribution in [2.45, 2.75) is 39.2 Å². The van der Waals surface area contributed by atoms with E-state index in [2.05, 4.69) is 5.10 Å². The quantitative estimate of drug-likeness (QED) is 0.883. The van der Waals surface area contributed by atoms with E-state index in [0.717, 1.165) is 42.0 Å². The van der Waals surface area contributed by atoms with Crippen LogP contribution in [0.1, 0.15) is 29.8 Å². The molecular weight excluding hydrogens is 359 g/mol. The van der Waals surface area contributed by atoms with Crippen molar-refractivity contribution in [1.82, 2.24) is 14.7 Å². The standard InChI is InChI=1S/C18H23ClN4O.ClH/c1-12-17(10-18(24)22-9-3-4-16(22)11-20)13(2)23(21-12)15-7-5-14(19)6-8-15;/h5-8,16H,3-4,9-11,20H2,1-2H3;1H. The summed E-state index contributed by atoms with van der Waals surface area (Å²) in [5, 5.41) is 5.30. The first-order chi connectivity index (χ1) is 11.5. The number of halogens is 2. The molecule has 0 bridgehead atoms. The van der Waals surface area contributed by atoms with Crippen LogP contribution in [0.5, 0.6) is 0 Å². The Balaban J connectivity index is 0.00000225. The third-order valence-corrected chi connectivity index (χ3v) is 5.06. The Morgan fingerprint density at radius 1 is 1.32 bits per heavy atom. The average Bonchev–Trinajstić information content (AvgIpc) is 3.15. The van der Waals surface area contributed by atoms with Crippen LogP contribution >= 0.6 is 24.0 Å². The van der Waals surface area contributed by atoms with Crippen LogP contribution < -0.4 is 5.73 Å². The molecule has 1 aliphatic heterocycles. The van der Waals surface area contributed by atoms with E-state index >= 15 is 0 Å². The minimum atomic E-state index is 0. The van der Waals surface area contributed by atoms with Crippen LogP contribution in [-0.4, -0.2) is 39.7 Å². The van der Waals surface area contributed by atoms with Gasteiger partial charge in [0.05, 0.1) is 17.8 Å². The SMILES string of the molecule is Cc1nn(-c2ccc(Cl)cc2)c(C)c1CC(=O)N1CCCC1CN.Cl. The third kappa shape index (κ3) is 4.00. The van der Waals surface area contributed by atoms with Crippen molar-refractivity contribution < 1.29 is 4.79 Å². The lowest BCUT2D eigenvalue weighted by Gasteiger charge is -2.23. The van der Waals surface area contributed by atoms with Gasteiger partial charge >= 0.3 is 0 Å². The summed E-state index contributed by atoms with van der Waals surface area (Å²) in [5.41, 5.74) is 9.61. The van der Waals surface area contributed by atoms with Crippen LogP contribution in [0.2, 0.25) is 5.02 Å². The van der Waals surface area contributed by atoms with Gasteiger partial charge in [-0.2, -0.15) is 5.10 Å². The molecule has 1 amide bonds. The van der Waals surface area contributed by atoms with E-state index in [4.69, 9.17) is 17.3 Å². The number of nitrogens with two attached hydrogens (primary N) is 1. The van der Waals surface area contributed by atoms with Gasteiger partial charge in [-0.1, -0.05) is 11.6 Å². The van der Waals surface area contributed by atoms with Crippen LogP contribution in [0, 0.1) is 13.8 Å². The lowest BCUT2D eigenvalue weighted by atomic mass is 10.1. The lowest BCUT2D eigenvalue weighted by molar-refractivity contribution is -0.131. The van der Waals surface area contributed by atoms with Crippen LogP contribution in [0.3, 0.4) is 0 Å². The summed E-state index contributed by atoms with van der Waals surface area (Å²) in [7, 11) is 0. The van der Waals surface area contributed by atoms with E-state index in [1.54, 1.807) is 0 Å². The van der Waals surface area contributed by atoms with E-state index < -0.39 is 0 Å². The second-order valence-electron chi connectivity index (χ2n) is 6.33. The lowest BCUT2D eigenvalue weighted by Crippen LogP contribution is -2.40. The van der Waals surface area contributed by atoms with Gasteiger partial charge in [0.25, 0.3) is 0 Å². The molecule has 0 radical (unpaired) electrons. The maximum atomic E-state index is 12.7. The predicted octanol–water partition coefficient (Wildman–Crippen LogP) is 3.06. The van der Waals surface area contributed by atoms with Crippen molar-refractivity contribution in [3.63, 3.8) is 0 Å². The van der Waals surface area contributed by atoms with Crippen LogP contribution in [0.15, 0.2) is 24.3 Å². The van der Waals surface area contributed by atoms with E-state index in [-0.39, 0.29) is 24.4 Å². The minimum Gasteiger partial charge on any atom is -0.338 e. The van der Waals surface area contributed by atoms with Crippen LogP contribution in [-0.2, 0) is 11.2 Å². The van der Waals surface area contributed by atoms with Crippen molar-refractivity contribution in [3.05, 3.63) is 46.2 Å². The Morgan fingerprint density at radius 3 is 2.64 bits per heavy atom. The number of carbonyl (C=O) groups is 1. The fourth-order valence-electron chi connectivity index (χ4n) is 3.43. The third-order valence-electron chi connectivity index (χ3n) is 4.81. The molecule has 2 heterocycles. The maximum Gasteiger partial charge on any atom is 0.227 e. The topological polar surface area (TPSA) is 64.2 Å². The molecule has 1 aromatic carbocycles. The first kappa shape index (κ1) is 19.8. The molecule has 2 aromatic rings. The second kappa shape index (κ2) is 8.21. The molecule has 7 heteroatoms. The number of rotatable bonds is 4. The number of hydrogen-bond donors (Lipinski definition) is 1. The van der Waals surface area contributed by atoms with Crippen LogP contribution in [0.4, 0.5) is 0 Å². The summed E-state index contributed by atoms with van der Waals surface area (Å²) in [4.78, 5) is 14.6. The number of aromatic nitrogens is 2. The van der Waals surface area contributed by atoms with Crippen molar-refractivity contribution in [1.29, 1.82) is 0 Å². The van der Waals surface area contributed by atoms with Gasteiger partial charge in [0, 0.05) is 35.4 Å². The normalized spacial score (nSPS) is 16.8. The molecule has 5 nitrogen and oxygen atoms in total. The monoisotopic (exact) mass is 382 g/mol. The maximum absolute atomic E-state index is 12.7. The predicted molar refractivity (Wildman–Crippen MR) is 103 cm³/mol. The zero-order chi connectivity index (χ0) is 17.3. The van der Waals surface area contributed by atoms with Crippen molar-refractivity contribution >= 4 is 29.9 Å². The Kier molecular flexibility index (Phi) is 6.49. The molecule has 1 unspecified atom stereocenters. The van der Waals surface area contributed by atoms with Gasteiger partial charge in [-0.3, -0.25) is 4.79 Å². The molecule has 0 spiro atoms. The summed E-state index contributed by atoms with van der Waals surface area (Å²) in [5.74, 6) is 0.143. The minimum absolute atomic E-state index is 0. The first-order valence-electron chi connectivity index (χ1n) is 8.32. The van der Waals surface area contributed by atoms with Crippen LogP contribution in [0.25, 0.3) is 5.69 Å². The number of nitrogens with zero attached hydrogens (tertiary/aromatic N) is 3. The summed E-state index contributed by atoms with van der Waals surface area (Å²) in [6.45, 7) is 5.30. The molecule has 25 heavy (non-hydrogen) atoms. The molecule has 136 valence electrons. The fourth-order valence-corrected chi connectivity index (χ4v) is 3.55. The number of amides is 1. The van der Waals surface area contributed by atoms with Gasteiger partial charge in [-0.25, -0.2) is 4.68 Å². The highest BCUT2D eigenvalue weighted by Crippen LogP contribution is 2.23.